The topological polar surface area (TPSA) is 186 Å². The van der Waals surface area contributed by atoms with Crippen LogP contribution >= 0.6 is 0 Å². The van der Waals surface area contributed by atoms with Gasteiger partial charge in [-0.05, 0) is 70.6 Å². The average molecular weight is 787 g/mol. The highest BCUT2D eigenvalue weighted by atomic mass is 32.2. The van der Waals surface area contributed by atoms with Crippen molar-refractivity contribution < 1.29 is 56.8 Å². The predicted molar refractivity (Wildman–Crippen MR) is 210 cm³/mol. The number of ether oxygens (including phenoxy) is 4. The Morgan fingerprint density at radius 2 is 1.17 bits per heavy atom. The zero-order chi connectivity index (χ0) is 39.9. The van der Waals surface area contributed by atoms with Gasteiger partial charge in [-0.3, -0.25) is 14.1 Å². The second-order valence-corrected chi connectivity index (χ2v) is 15.4. The maximum atomic E-state index is 12.7. The smallest absolute Gasteiger partial charge is 0.306 e. The van der Waals surface area contributed by atoms with E-state index in [-0.39, 0.29) is 19.4 Å². The van der Waals surface area contributed by atoms with Crippen LogP contribution in [0.4, 0.5) is 0 Å². The van der Waals surface area contributed by atoms with E-state index in [2.05, 4.69) is 62.5 Å². The molecule has 0 aromatic heterocycles. The lowest BCUT2D eigenvalue weighted by molar-refractivity contribution is -0.297. The molecule has 0 aromatic rings. The summed E-state index contributed by atoms with van der Waals surface area (Å²) in [5.41, 5.74) is 0. The van der Waals surface area contributed by atoms with Crippen LogP contribution in [-0.4, -0.2) is 96.0 Å². The third kappa shape index (κ3) is 26.4. The fourth-order valence-corrected chi connectivity index (χ4v) is 6.43. The second-order valence-electron chi connectivity index (χ2n) is 13.9. The lowest BCUT2D eigenvalue weighted by Gasteiger charge is -2.40. The quantitative estimate of drug-likeness (QED) is 0.0233. The third-order valence-corrected chi connectivity index (χ3v) is 9.64. The van der Waals surface area contributed by atoms with Crippen LogP contribution in [0.3, 0.4) is 0 Å². The van der Waals surface area contributed by atoms with Gasteiger partial charge in [0.15, 0.2) is 12.4 Å². The molecule has 1 heterocycles. The Kier molecular flexibility index (Phi) is 29.2. The highest BCUT2D eigenvalue weighted by Gasteiger charge is 2.46. The lowest BCUT2D eigenvalue weighted by Crippen LogP contribution is -2.60. The van der Waals surface area contributed by atoms with Crippen LogP contribution in [0.1, 0.15) is 142 Å². The molecule has 4 N–H and O–H groups in total. The van der Waals surface area contributed by atoms with E-state index in [1.54, 1.807) is 0 Å². The van der Waals surface area contributed by atoms with Gasteiger partial charge in [0.05, 0.1) is 6.61 Å². The number of allylic oxidation sites excluding steroid dienone is 8. The molecule has 12 nitrogen and oxygen atoms in total. The first-order valence-electron chi connectivity index (χ1n) is 20.2. The van der Waals surface area contributed by atoms with Crippen LogP contribution in [-0.2, 0) is 38.7 Å². The molecule has 0 aliphatic carbocycles. The monoisotopic (exact) mass is 786 g/mol. The van der Waals surface area contributed by atoms with Crippen LogP contribution in [0.5, 0.6) is 0 Å². The second kappa shape index (κ2) is 31.8. The first-order chi connectivity index (χ1) is 26.0. The van der Waals surface area contributed by atoms with E-state index in [1.165, 1.54) is 25.7 Å². The minimum atomic E-state index is -4.60. The van der Waals surface area contributed by atoms with Crippen molar-refractivity contribution in [1.29, 1.82) is 0 Å². The maximum Gasteiger partial charge on any atom is 0.306 e. The summed E-state index contributed by atoms with van der Waals surface area (Å²) < 4.78 is 53.8. The van der Waals surface area contributed by atoms with Gasteiger partial charge in [-0.25, -0.2) is 0 Å². The summed E-state index contributed by atoms with van der Waals surface area (Å²) in [5, 5.41) is 30.8. The van der Waals surface area contributed by atoms with E-state index in [1.807, 2.05) is 0 Å². The number of carbonyl (C=O) groups is 2. The average Bonchev–Trinajstić information content (AvgIpc) is 3.13. The van der Waals surface area contributed by atoms with Crippen molar-refractivity contribution in [2.45, 2.75) is 179 Å². The molecule has 54 heavy (non-hydrogen) atoms. The molecular weight excluding hydrogens is 717 g/mol. The van der Waals surface area contributed by atoms with Gasteiger partial charge in [0.2, 0.25) is 0 Å². The van der Waals surface area contributed by atoms with Crippen molar-refractivity contribution in [2.75, 3.05) is 19.0 Å². The number of aliphatic hydroxyl groups excluding tert-OH is 3. The number of rotatable bonds is 32. The molecule has 1 rings (SSSR count). The zero-order valence-electron chi connectivity index (χ0n) is 32.8. The summed E-state index contributed by atoms with van der Waals surface area (Å²) >= 11 is 0. The number of unbranched alkanes of at least 4 members (excludes halogenated alkanes) is 12. The Morgan fingerprint density at radius 1 is 0.648 bits per heavy atom. The minimum Gasteiger partial charge on any atom is -0.462 e. The molecule has 1 aliphatic heterocycles. The Morgan fingerprint density at radius 3 is 1.78 bits per heavy atom. The van der Waals surface area contributed by atoms with Crippen molar-refractivity contribution in [3.8, 4) is 0 Å². The van der Waals surface area contributed by atoms with Crippen molar-refractivity contribution >= 4 is 22.1 Å². The summed E-state index contributed by atoms with van der Waals surface area (Å²) in [6.45, 7) is 3.56. The van der Waals surface area contributed by atoms with Gasteiger partial charge in [-0.2, -0.15) is 8.42 Å². The molecule has 1 saturated heterocycles. The molecule has 13 heteroatoms. The van der Waals surface area contributed by atoms with Crippen molar-refractivity contribution in [3.63, 3.8) is 0 Å². The molecule has 1 aliphatic rings. The fraction of sp³-hybridized carbons (Fsp3) is 0.756. The standard InChI is InChI=1S/C41H70O12S/c1-3-5-7-9-11-13-15-17-19-21-23-25-27-29-36(42)50-31-34(32-51-41-40(46)39(45)38(44)35(53-41)33-54(47,48)49)52-37(43)30-28-26-24-22-20-18-16-14-12-10-8-6-4-2/h6,8,12-15,18,20,34-35,38-41,44-46H,3-5,7,9-11,16-17,19,21-33H2,1-2H3,(H,47,48,49)/b8-6-,14-12-,15-13-,20-18-. The number of carbonyl (C=O) groups excluding carboxylic acids is 2. The highest BCUT2D eigenvalue weighted by Crippen LogP contribution is 2.24. The summed E-state index contributed by atoms with van der Waals surface area (Å²) in [5.74, 6) is -2.04. The summed E-state index contributed by atoms with van der Waals surface area (Å²) in [6, 6.07) is 0. The van der Waals surface area contributed by atoms with Crippen LogP contribution in [0.15, 0.2) is 48.6 Å². The lowest BCUT2D eigenvalue weighted by atomic mass is 10.00. The van der Waals surface area contributed by atoms with E-state index < -0.39 is 71.2 Å². The number of hydrogen-bond acceptors (Lipinski definition) is 11. The SMILES string of the molecule is CC/C=C\C/C=C\C/C=C\CCCCCC(=O)OC(COC(=O)CCCCCCC/C=C\CCCCCC)COC1OC(CS(=O)(=O)O)C(O)C(O)C1O. The molecule has 6 unspecified atom stereocenters. The molecule has 0 bridgehead atoms. The minimum absolute atomic E-state index is 0.126. The van der Waals surface area contributed by atoms with Gasteiger partial charge in [0.1, 0.15) is 36.8 Å². The Hall–Kier alpha value is -2.39. The number of hydrogen-bond donors (Lipinski definition) is 4. The van der Waals surface area contributed by atoms with E-state index >= 15 is 0 Å². The molecular formula is C41H70O12S. The summed E-state index contributed by atoms with van der Waals surface area (Å²) in [7, 11) is -4.60. The predicted octanol–water partition coefficient (Wildman–Crippen LogP) is 7.22. The van der Waals surface area contributed by atoms with Crippen molar-refractivity contribution in [1.82, 2.24) is 0 Å². The van der Waals surface area contributed by atoms with Crippen LogP contribution in [0, 0.1) is 0 Å². The van der Waals surface area contributed by atoms with Gasteiger partial charge >= 0.3 is 11.9 Å². The largest absolute Gasteiger partial charge is 0.462 e. The van der Waals surface area contributed by atoms with Crippen molar-refractivity contribution in [3.05, 3.63) is 48.6 Å². The number of esters is 2. The summed E-state index contributed by atoms with van der Waals surface area (Å²) in [4.78, 5) is 25.3. The van der Waals surface area contributed by atoms with E-state index in [0.29, 0.717) is 12.8 Å². The Balaban J connectivity index is 2.54. The van der Waals surface area contributed by atoms with Gasteiger partial charge < -0.3 is 34.3 Å². The van der Waals surface area contributed by atoms with E-state index in [4.69, 9.17) is 18.9 Å². The molecule has 0 radical (unpaired) electrons. The van der Waals surface area contributed by atoms with Gasteiger partial charge in [-0.15, -0.1) is 0 Å². The van der Waals surface area contributed by atoms with Crippen molar-refractivity contribution in [2.24, 2.45) is 0 Å². The van der Waals surface area contributed by atoms with Gasteiger partial charge in [-0.1, -0.05) is 107 Å². The molecule has 312 valence electrons. The maximum absolute atomic E-state index is 12.7. The normalized spacial score (nSPS) is 21.5. The highest BCUT2D eigenvalue weighted by molar-refractivity contribution is 7.85. The number of aliphatic hydroxyl groups is 3. The molecule has 0 amide bonds. The fourth-order valence-electron chi connectivity index (χ4n) is 5.74. The molecule has 0 aromatic carbocycles. The summed E-state index contributed by atoms with van der Waals surface area (Å²) in [6.07, 6.45) is 26.0. The van der Waals surface area contributed by atoms with Crippen LogP contribution in [0.25, 0.3) is 0 Å². The first-order valence-corrected chi connectivity index (χ1v) is 21.8. The van der Waals surface area contributed by atoms with E-state index in [0.717, 1.165) is 77.0 Å². The molecule has 0 saturated carbocycles. The third-order valence-electron chi connectivity index (χ3n) is 8.89. The Labute approximate surface area is 324 Å². The van der Waals surface area contributed by atoms with Gasteiger partial charge in [0.25, 0.3) is 10.1 Å². The van der Waals surface area contributed by atoms with Crippen LogP contribution in [0.2, 0.25) is 0 Å². The van der Waals surface area contributed by atoms with Crippen LogP contribution < -0.4 is 0 Å². The molecule has 1 fully saturated rings. The van der Waals surface area contributed by atoms with E-state index in [9.17, 15) is 37.9 Å². The molecule has 0 spiro atoms. The zero-order valence-corrected chi connectivity index (χ0v) is 33.6. The first kappa shape index (κ1) is 49.6. The van der Waals surface area contributed by atoms with Gasteiger partial charge in [0, 0.05) is 12.8 Å². The Bertz CT molecular complexity index is 1200. The molecule has 6 atom stereocenters.